The topological polar surface area (TPSA) is 58.6 Å². The maximum Gasteiger partial charge on any atom is 0.410 e. The predicted molar refractivity (Wildman–Crippen MR) is 69.5 cm³/mol. The molecule has 1 rings (SSSR count). The van der Waals surface area contributed by atoms with Crippen molar-refractivity contribution < 1.29 is 14.3 Å². The molecule has 0 aromatic rings. The first-order valence-electron chi connectivity index (χ1n) is 6.58. The van der Waals surface area contributed by atoms with Crippen LogP contribution in [0.5, 0.6) is 0 Å². The number of carbonyl (C=O) groups excluding carboxylic acids is 2. The van der Waals surface area contributed by atoms with E-state index in [-0.39, 0.29) is 11.8 Å². The minimum atomic E-state index is -0.527. The maximum atomic E-state index is 12.1. The number of hydrogen-bond acceptors (Lipinski definition) is 4. The second-order valence-electron chi connectivity index (χ2n) is 5.61. The van der Waals surface area contributed by atoms with Crippen molar-refractivity contribution in [3.05, 3.63) is 0 Å². The molecule has 0 aromatic heterocycles. The molecule has 0 bridgehead atoms. The lowest BCUT2D eigenvalue weighted by molar-refractivity contribution is -0.124. The Morgan fingerprint density at radius 1 is 1.39 bits per heavy atom. The van der Waals surface area contributed by atoms with Crippen molar-refractivity contribution in [2.24, 2.45) is 0 Å². The summed E-state index contributed by atoms with van der Waals surface area (Å²) in [6.45, 7) is 9.20. The number of ketones is 1. The Balaban J connectivity index is 2.70. The minimum Gasteiger partial charge on any atom is -0.444 e. The highest BCUT2D eigenvalue weighted by Crippen LogP contribution is 2.14. The van der Waals surface area contributed by atoms with Gasteiger partial charge in [-0.2, -0.15) is 0 Å². The van der Waals surface area contributed by atoms with Crippen LogP contribution in [-0.2, 0) is 9.53 Å². The van der Waals surface area contributed by atoms with Gasteiger partial charge in [-0.3, -0.25) is 9.69 Å². The first-order valence-corrected chi connectivity index (χ1v) is 6.58. The van der Waals surface area contributed by atoms with Crippen LogP contribution >= 0.6 is 0 Å². The van der Waals surface area contributed by atoms with Gasteiger partial charge in [0.2, 0.25) is 0 Å². The second kappa shape index (κ2) is 6.18. The summed E-state index contributed by atoms with van der Waals surface area (Å²) in [5, 5.41) is 3.15. The molecule has 1 fully saturated rings. The molecule has 104 valence electrons. The van der Waals surface area contributed by atoms with E-state index in [0.29, 0.717) is 26.1 Å². The van der Waals surface area contributed by atoms with E-state index in [1.807, 2.05) is 27.7 Å². The number of amides is 1. The molecule has 0 aromatic carbocycles. The third-order valence-electron chi connectivity index (χ3n) is 2.74. The fraction of sp³-hybridized carbons (Fsp3) is 0.846. The Labute approximate surface area is 109 Å². The van der Waals surface area contributed by atoms with Crippen molar-refractivity contribution >= 4 is 11.9 Å². The normalized spacial score (nSPS) is 20.7. The molecule has 1 atom stereocenters. The van der Waals surface area contributed by atoms with Crippen LogP contribution in [0.1, 0.15) is 40.5 Å². The van der Waals surface area contributed by atoms with Gasteiger partial charge in [-0.15, -0.1) is 0 Å². The monoisotopic (exact) mass is 256 g/mol. The van der Waals surface area contributed by atoms with E-state index < -0.39 is 11.7 Å². The summed E-state index contributed by atoms with van der Waals surface area (Å²) in [4.78, 5) is 25.6. The lowest BCUT2D eigenvalue weighted by Crippen LogP contribution is -2.57. The molecule has 1 heterocycles. The molecule has 5 nitrogen and oxygen atoms in total. The van der Waals surface area contributed by atoms with Crippen LogP contribution in [0.25, 0.3) is 0 Å². The average molecular weight is 256 g/mol. The molecule has 5 heteroatoms. The molecule has 1 N–H and O–H groups in total. The third kappa shape index (κ3) is 4.29. The number of carbonyl (C=O) groups is 2. The fourth-order valence-electron chi connectivity index (χ4n) is 1.94. The summed E-state index contributed by atoms with van der Waals surface area (Å²) in [7, 11) is 0. The molecule has 18 heavy (non-hydrogen) atoms. The van der Waals surface area contributed by atoms with Crippen molar-refractivity contribution in [3.8, 4) is 0 Å². The number of Topliss-reactive ketones (excluding diaryl/α,β-unsaturated/α-hetero) is 1. The number of hydrogen-bond donors (Lipinski definition) is 1. The number of nitrogens with zero attached hydrogens (tertiary/aromatic N) is 1. The Morgan fingerprint density at radius 2 is 2.06 bits per heavy atom. The van der Waals surface area contributed by atoms with Gasteiger partial charge in [-0.05, 0) is 27.2 Å². The number of rotatable bonds is 3. The highest BCUT2D eigenvalue weighted by molar-refractivity contribution is 5.87. The van der Waals surface area contributed by atoms with E-state index in [9.17, 15) is 9.59 Å². The zero-order valence-electron chi connectivity index (χ0n) is 11.8. The van der Waals surface area contributed by atoms with Gasteiger partial charge in [0.15, 0.2) is 5.78 Å². The number of ether oxygens (including phenoxy) is 1. The summed E-state index contributed by atoms with van der Waals surface area (Å²) in [5.41, 5.74) is -0.527. The van der Waals surface area contributed by atoms with Gasteiger partial charge in [0, 0.05) is 26.1 Å². The predicted octanol–water partition coefficient (Wildman–Crippen LogP) is 1.56. The summed E-state index contributed by atoms with van der Waals surface area (Å²) >= 11 is 0. The summed E-state index contributed by atoms with van der Waals surface area (Å²) in [5.74, 6) is 0.107. The van der Waals surface area contributed by atoms with Gasteiger partial charge in [-0.25, -0.2) is 4.79 Å². The van der Waals surface area contributed by atoms with Crippen molar-refractivity contribution in [2.45, 2.75) is 52.2 Å². The molecule has 0 saturated carbocycles. The van der Waals surface area contributed by atoms with Crippen molar-refractivity contribution in [3.63, 3.8) is 0 Å². The first-order chi connectivity index (χ1) is 8.35. The Bertz CT molecular complexity index is 310. The van der Waals surface area contributed by atoms with Gasteiger partial charge in [0.25, 0.3) is 0 Å². The van der Waals surface area contributed by atoms with Crippen LogP contribution in [0, 0.1) is 0 Å². The van der Waals surface area contributed by atoms with E-state index in [0.717, 1.165) is 6.42 Å². The van der Waals surface area contributed by atoms with Gasteiger partial charge < -0.3 is 10.1 Å². The molecule has 1 aliphatic heterocycles. The zero-order valence-corrected chi connectivity index (χ0v) is 11.8. The fourth-order valence-corrected chi connectivity index (χ4v) is 1.94. The van der Waals surface area contributed by atoms with Crippen molar-refractivity contribution in [2.75, 3.05) is 19.6 Å². The summed E-state index contributed by atoms with van der Waals surface area (Å²) in [6.07, 6.45) is 0.918. The van der Waals surface area contributed by atoms with Crippen LogP contribution in [0.4, 0.5) is 4.79 Å². The smallest absolute Gasteiger partial charge is 0.410 e. The Morgan fingerprint density at radius 3 is 2.61 bits per heavy atom. The summed E-state index contributed by atoms with van der Waals surface area (Å²) < 4.78 is 5.34. The molecule has 1 saturated heterocycles. The van der Waals surface area contributed by atoms with Crippen LogP contribution in [0.2, 0.25) is 0 Å². The van der Waals surface area contributed by atoms with Gasteiger partial charge in [0.05, 0.1) is 0 Å². The molecule has 0 spiro atoms. The van der Waals surface area contributed by atoms with Crippen LogP contribution in [0.15, 0.2) is 0 Å². The lowest BCUT2D eigenvalue weighted by atomic mass is 10.1. The zero-order chi connectivity index (χ0) is 13.8. The van der Waals surface area contributed by atoms with Crippen molar-refractivity contribution in [1.29, 1.82) is 0 Å². The van der Waals surface area contributed by atoms with Crippen LogP contribution < -0.4 is 5.32 Å². The van der Waals surface area contributed by atoms with E-state index in [1.54, 1.807) is 4.90 Å². The number of nitrogens with one attached hydrogen (secondary N) is 1. The molecular formula is C13H24N2O3. The van der Waals surface area contributed by atoms with Gasteiger partial charge in [-0.1, -0.05) is 6.92 Å². The highest BCUT2D eigenvalue weighted by Gasteiger charge is 2.33. The second-order valence-corrected chi connectivity index (χ2v) is 5.61. The van der Waals surface area contributed by atoms with Crippen molar-refractivity contribution in [1.82, 2.24) is 10.2 Å². The minimum absolute atomic E-state index is 0.107. The quantitative estimate of drug-likeness (QED) is 0.832. The van der Waals surface area contributed by atoms with E-state index in [2.05, 4.69) is 5.32 Å². The molecule has 0 radical (unpaired) electrons. The largest absolute Gasteiger partial charge is 0.444 e. The first kappa shape index (κ1) is 15.0. The van der Waals surface area contributed by atoms with Crippen LogP contribution in [-0.4, -0.2) is 48.1 Å². The SMILES string of the molecule is CCCC(=O)C1CNCCN1C(=O)OC(C)(C)C. The number of piperazine rings is 1. The average Bonchev–Trinajstić information content (AvgIpc) is 2.27. The van der Waals surface area contributed by atoms with Gasteiger partial charge >= 0.3 is 6.09 Å². The van der Waals surface area contributed by atoms with E-state index >= 15 is 0 Å². The molecule has 1 aliphatic rings. The molecule has 1 amide bonds. The Kier molecular flexibility index (Phi) is 5.14. The maximum absolute atomic E-state index is 12.1. The third-order valence-corrected chi connectivity index (χ3v) is 2.74. The Hall–Kier alpha value is -1.10. The van der Waals surface area contributed by atoms with E-state index in [1.165, 1.54) is 0 Å². The molecule has 0 aliphatic carbocycles. The lowest BCUT2D eigenvalue weighted by Gasteiger charge is -2.36. The molecular weight excluding hydrogens is 232 g/mol. The van der Waals surface area contributed by atoms with Gasteiger partial charge in [0.1, 0.15) is 11.6 Å². The molecule has 1 unspecified atom stereocenters. The van der Waals surface area contributed by atoms with Crippen LogP contribution in [0.3, 0.4) is 0 Å². The van der Waals surface area contributed by atoms with E-state index in [4.69, 9.17) is 4.74 Å². The standard InChI is InChI=1S/C13H24N2O3/c1-5-6-11(16)10-9-14-7-8-15(10)12(17)18-13(2,3)4/h10,14H,5-9H2,1-4H3. The highest BCUT2D eigenvalue weighted by atomic mass is 16.6. The summed E-state index contributed by atoms with van der Waals surface area (Å²) in [6, 6.07) is -0.381.